The van der Waals surface area contributed by atoms with Gasteiger partial charge in [0.1, 0.15) is 5.60 Å². The predicted octanol–water partition coefficient (Wildman–Crippen LogP) is 2.87. The summed E-state index contributed by atoms with van der Waals surface area (Å²) in [5, 5.41) is 9.54. The van der Waals surface area contributed by atoms with Crippen molar-refractivity contribution in [2.75, 3.05) is 0 Å². The third kappa shape index (κ3) is 1.41. The van der Waals surface area contributed by atoms with Gasteiger partial charge in [-0.2, -0.15) is 0 Å². The summed E-state index contributed by atoms with van der Waals surface area (Å²) in [6.07, 6.45) is 0.831. The molecular formula is C10H11BrO2. The van der Waals surface area contributed by atoms with E-state index in [0.29, 0.717) is 5.75 Å². The van der Waals surface area contributed by atoms with Crippen molar-refractivity contribution in [1.29, 1.82) is 0 Å². The van der Waals surface area contributed by atoms with Gasteiger partial charge in [0.05, 0.1) is 0 Å². The molecule has 13 heavy (non-hydrogen) atoms. The van der Waals surface area contributed by atoms with E-state index >= 15 is 0 Å². The highest BCUT2D eigenvalue weighted by Crippen LogP contribution is 2.44. The van der Waals surface area contributed by atoms with Crippen LogP contribution in [0.25, 0.3) is 0 Å². The minimum absolute atomic E-state index is 0.205. The lowest BCUT2D eigenvalue weighted by atomic mass is 10.0. The number of hydrogen-bond acceptors (Lipinski definition) is 2. The number of hydrogen-bond donors (Lipinski definition) is 1. The maximum Gasteiger partial charge on any atom is 0.166 e. The highest BCUT2D eigenvalue weighted by Gasteiger charge is 2.33. The van der Waals surface area contributed by atoms with Crippen molar-refractivity contribution in [3.8, 4) is 11.5 Å². The Balaban J connectivity index is 2.56. The summed E-state index contributed by atoms with van der Waals surface area (Å²) in [6, 6.07) is 3.49. The Labute approximate surface area is 85.7 Å². The van der Waals surface area contributed by atoms with Gasteiger partial charge >= 0.3 is 0 Å². The van der Waals surface area contributed by atoms with E-state index in [-0.39, 0.29) is 11.4 Å². The fraction of sp³-hybridized carbons (Fsp3) is 0.400. The Bertz CT molecular complexity index is 325. The number of phenolic OH excluding ortho intramolecular Hbond substituents is 1. The molecule has 1 aromatic carbocycles. The lowest BCUT2D eigenvalue weighted by molar-refractivity contribution is 0.134. The molecule has 0 radical (unpaired) electrons. The SMILES string of the molecule is CC1(C)Cc2c(Br)ccc(O)c2O1. The van der Waals surface area contributed by atoms with Crippen LogP contribution in [0, 0.1) is 0 Å². The first-order valence-electron chi connectivity index (χ1n) is 4.19. The lowest BCUT2D eigenvalue weighted by Crippen LogP contribution is -2.24. The van der Waals surface area contributed by atoms with Crippen LogP contribution in [0.4, 0.5) is 0 Å². The summed E-state index contributed by atoms with van der Waals surface area (Å²) < 4.78 is 6.63. The molecular weight excluding hydrogens is 232 g/mol. The molecule has 0 saturated heterocycles. The summed E-state index contributed by atoms with van der Waals surface area (Å²) in [6.45, 7) is 4.03. The summed E-state index contributed by atoms with van der Waals surface area (Å²) in [5.41, 5.74) is 0.856. The van der Waals surface area contributed by atoms with Gasteiger partial charge in [-0.15, -0.1) is 0 Å². The third-order valence-electron chi connectivity index (χ3n) is 2.16. The highest BCUT2D eigenvalue weighted by atomic mass is 79.9. The van der Waals surface area contributed by atoms with Gasteiger partial charge in [-0.05, 0) is 26.0 Å². The zero-order chi connectivity index (χ0) is 9.64. The van der Waals surface area contributed by atoms with Crippen LogP contribution >= 0.6 is 15.9 Å². The summed E-state index contributed by atoms with van der Waals surface area (Å²) in [5.74, 6) is 0.850. The van der Waals surface area contributed by atoms with Crippen LogP contribution in [-0.2, 0) is 6.42 Å². The number of fused-ring (bicyclic) bond motifs is 1. The van der Waals surface area contributed by atoms with E-state index < -0.39 is 0 Å². The first kappa shape index (κ1) is 8.88. The number of benzene rings is 1. The van der Waals surface area contributed by atoms with Crippen LogP contribution in [0.15, 0.2) is 16.6 Å². The molecule has 0 fully saturated rings. The molecule has 0 saturated carbocycles. The minimum Gasteiger partial charge on any atom is -0.504 e. The topological polar surface area (TPSA) is 29.5 Å². The smallest absolute Gasteiger partial charge is 0.166 e. The number of phenols is 1. The van der Waals surface area contributed by atoms with Crippen molar-refractivity contribution in [3.05, 3.63) is 22.2 Å². The van der Waals surface area contributed by atoms with E-state index in [9.17, 15) is 5.11 Å². The number of ether oxygens (including phenoxy) is 1. The zero-order valence-electron chi connectivity index (χ0n) is 7.60. The predicted molar refractivity (Wildman–Crippen MR) is 54.2 cm³/mol. The maximum absolute atomic E-state index is 9.54. The minimum atomic E-state index is -0.205. The standard InChI is InChI=1S/C10H11BrO2/c1-10(2)5-6-7(11)3-4-8(12)9(6)13-10/h3-4,12H,5H2,1-2H3. The third-order valence-corrected chi connectivity index (χ3v) is 2.91. The monoisotopic (exact) mass is 242 g/mol. The summed E-state index contributed by atoms with van der Waals surface area (Å²) >= 11 is 3.44. The Kier molecular flexibility index (Phi) is 1.80. The largest absolute Gasteiger partial charge is 0.504 e. The zero-order valence-corrected chi connectivity index (χ0v) is 9.18. The molecule has 0 amide bonds. The second kappa shape index (κ2) is 2.64. The van der Waals surface area contributed by atoms with Gasteiger partial charge < -0.3 is 9.84 Å². The molecule has 3 heteroatoms. The normalized spacial score (nSPS) is 18.1. The molecule has 1 heterocycles. The molecule has 1 aliphatic rings. The van der Waals surface area contributed by atoms with Crippen molar-refractivity contribution < 1.29 is 9.84 Å². The second-order valence-electron chi connectivity index (χ2n) is 3.91. The maximum atomic E-state index is 9.54. The van der Waals surface area contributed by atoms with E-state index in [2.05, 4.69) is 15.9 Å². The molecule has 0 aliphatic carbocycles. The summed E-state index contributed by atoms with van der Waals surface area (Å²) in [7, 11) is 0. The molecule has 1 aliphatic heterocycles. The molecule has 2 rings (SSSR count). The van der Waals surface area contributed by atoms with Crippen molar-refractivity contribution in [1.82, 2.24) is 0 Å². The van der Waals surface area contributed by atoms with Crippen molar-refractivity contribution >= 4 is 15.9 Å². The van der Waals surface area contributed by atoms with E-state index in [1.165, 1.54) is 0 Å². The number of halogens is 1. The van der Waals surface area contributed by atoms with Crippen LogP contribution in [0.1, 0.15) is 19.4 Å². The van der Waals surface area contributed by atoms with E-state index in [0.717, 1.165) is 16.5 Å². The highest BCUT2D eigenvalue weighted by molar-refractivity contribution is 9.10. The molecule has 0 atom stereocenters. The molecule has 70 valence electrons. The van der Waals surface area contributed by atoms with Gasteiger partial charge in [-0.1, -0.05) is 15.9 Å². The molecule has 1 N–H and O–H groups in total. The Morgan fingerprint density at radius 1 is 1.46 bits per heavy atom. The molecule has 0 bridgehead atoms. The van der Waals surface area contributed by atoms with Crippen molar-refractivity contribution in [3.63, 3.8) is 0 Å². The van der Waals surface area contributed by atoms with Crippen LogP contribution in [0.2, 0.25) is 0 Å². The number of aromatic hydroxyl groups is 1. The van der Waals surface area contributed by atoms with E-state index in [1.807, 2.05) is 19.9 Å². The fourth-order valence-electron chi connectivity index (χ4n) is 1.61. The Morgan fingerprint density at radius 2 is 2.15 bits per heavy atom. The average Bonchev–Trinajstić information content (AvgIpc) is 2.35. The molecule has 0 unspecified atom stereocenters. The van der Waals surface area contributed by atoms with E-state index in [1.54, 1.807) is 6.07 Å². The Hall–Kier alpha value is -0.700. The van der Waals surface area contributed by atoms with Crippen LogP contribution in [0.3, 0.4) is 0 Å². The molecule has 0 spiro atoms. The van der Waals surface area contributed by atoms with Gasteiger partial charge in [0.2, 0.25) is 0 Å². The second-order valence-corrected chi connectivity index (χ2v) is 4.77. The van der Waals surface area contributed by atoms with Gasteiger partial charge in [-0.3, -0.25) is 0 Å². The Morgan fingerprint density at radius 3 is 2.77 bits per heavy atom. The first-order chi connectivity index (χ1) is 5.99. The van der Waals surface area contributed by atoms with Gasteiger partial charge in [-0.25, -0.2) is 0 Å². The quantitative estimate of drug-likeness (QED) is 0.759. The molecule has 2 nitrogen and oxygen atoms in total. The lowest BCUT2D eigenvalue weighted by Gasteiger charge is -2.16. The molecule has 1 aromatic rings. The van der Waals surface area contributed by atoms with E-state index in [4.69, 9.17) is 4.74 Å². The van der Waals surface area contributed by atoms with Crippen molar-refractivity contribution in [2.45, 2.75) is 25.9 Å². The van der Waals surface area contributed by atoms with Crippen molar-refractivity contribution in [2.24, 2.45) is 0 Å². The average molecular weight is 243 g/mol. The van der Waals surface area contributed by atoms with Gasteiger partial charge in [0.15, 0.2) is 11.5 Å². The van der Waals surface area contributed by atoms with Crippen LogP contribution < -0.4 is 4.74 Å². The van der Waals surface area contributed by atoms with Crippen LogP contribution in [-0.4, -0.2) is 10.7 Å². The first-order valence-corrected chi connectivity index (χ1v) is 4.98. The molecule has 0 aromatic heterocycles. The van der Waals surface area contributed by atoms with Crippen LogP contribution in [0.5, 0.6) is 11.5 Å². The fourth-order valence-corrected chi connectivity index (χ4v) is 2.06. The van der Waals surface area contributed by atoms with Gasteiger partial charge in [0.25, 0.3) is 0 Å². The van der Waals surface area contributed by atoms with Gasteiger partial charge in [0, 0.05) is 16.5 Å². The summed E-state index contributed by atoms with van der Waals surface area (Å²) in [4.78, 5) is 0. The number of rotatable bonds is 0.